The number of carbonyl (C=O) groups excluding carboxylic acids is 2. The van der Waals surface area contributed by atoms with Gasteiger partial charge in [-0.2, -0.15) is 0 Å². The van der Waals surface area contributed by atoms with Crippen molar-refractivity contribution in [1.82, 2.24) is 10.2 Å². The lowest BCUT2D eigenvalue weighted by atomic mass is 10.1. The summed E-state index contributed by atoms with van der Waals surface area (Å²) in [6.07, 6.45) is 0.0676. The highest BCUT2D eigenvalue weighted by atomic mass is 16.5. The molecular formula is C18H27N3O3. The lowest BCUT2D eigenvalue weighted by Gasteiger charge is -2.35. The van der Waals surface area contributed by atoms with Crippen molar-refractivity contribution in [3.8, 4) is 0 Å². The maximum atomic E-state index is 12.3. The lowest BCUT2D eigenvalue weighted by Crippen LogP contribution is -2.49. The highest BCUT2D eigenvalue weighted by molar-refractivity contribution is 5.95. The van der Waals surface area contributed by atoms with Crippen LogP contribution in [0.25, 0.3) is 0 Å². The smallest absolute Gasteiger partial charge is 0.322 e. The molecule has 0 saturated carbocycles. The van der Waals surface area contributed by atoms with Crippen molar-refractivity contribution in [3.63, 3.8) is 0 Å². The Bertz CT molecular complexity index is 561. The maximum Gasteiger partial charge on any atom is 0.322 e. The zero-order chi connectivity index (χ0) is 17.7. The van der Waals surface area contributed by atoms with E-state index in [1.807, 2.05) is 27.7 Å². The summed E-state index contributed by atoms with van der Waals surface area (Å²) < 4.78 is 5.63. The van der Waals surface area contributed by atoms with Crippen LogP contribution in [-0.2, 0) is 4.74 Å². The summed E-state index contributed by atoms with van der Waals surface area (Å²) in [5, 5.41) is 5.74. The summed E-state index contributed by atoms with van der Waals surface area (Å²) in [4.78, 5) is 26.1. The number of morpholine rings is 1. The molecule has 24 heavy (non-hydrogen) atoms. The van der Waals surface area contributed by atoms with Gasteiger partial charge in [0, 0.05) is 30.9 Å². The van der Waals surface area contributed by atoms with Crippen LogP contribution in [0, 0.1) is 5.92 Å². The second-order valence-electron chi connectivity index (χ2n) is 6.77. The van der Waals surface area contributed by atoms with E-state index in [-0.39, 0.29) is 24.1 Å². The molecule has 0 spiro atoms. The van der Waals surface area contributed by atoms with Crippen LogP contribution in [0.2, 0.25) is 0 Å². The quantitative estimate of drug-likeness (QED) is 0.890. The Balaban J connectivity index is 1.91. The fourth-order valence-corrected chi connectivity index (χ4v) is 2.65. The van der Waals surface area contributed by atoms with E-state index in [4.69, 9.17) is 4.74 Å². The van der Waals surface area contributed by atoms with Crippen LogP contribution in [0.15, 0.2) is 24.3 Å². The standard InChI is InChI=1S/C18H27N3O3/c1-12(2)9-19-17(22)15-5-7-16(8-6-15)20-18(23)21-10-13(3)24-14(4)11-21/h5-8,12-14H,9-11H2,1-4H3,(H,19,22)(H,20,23)/t13-,14+. The average Bonchev–Trinajstić information content (AvgIpc) is 2.52. The molecule has 1 aliphatic heterocycles. The second-order valence-corrected chi connectivity index (χ2v) is 6.77. The zero-order valence-electron chi connectivity index (χ0n) is 14.8. The van der Waals surface area contributed by atoms with Crippen molar-refractivity contribution in [1.29, 1.82) is 0 Å². The van der Waals surface area contributed by atoms with E-state index in [9.17, 15) is 9.59 Å². The summed E-state index contributed by atoms with van der Waals surface area (Å²) in [5.74, 6) is 0.309. The molecule has 1 heterocycles. The van der Waals surface area contributed by atoms with Gasteiger partial charge >= 0.3 is 6.03 Å². The third-order valence-corrected chi connectivity index (χ3v) is 3.78. The van der Waals surface area contributed by atoms with E-state index in [0.29, 0.717) is 36.8 Å². The van der Waals surface area contributed by atoms with Crippen molar-refractivity contribution in [2.24, 2.45) is 5.92 Å². The first-order valence-electron chi connectivity index (χ1n) is 8.44. The number of anilines is 1. The molecule has 0 aliphatic carbocycles. The van der Waals surface area contributed by atoms with Gasteiger partial charge in [0.25, 0.3) is 5.91 Å². The molecule has 0 radical (unpaired) electrons. The number of hydrogen-bond donors (Lipinski definition) is 2. The van der Waals surface area contributed by atoms with E-state index in [1.54, 1.807) is 29.2 Å². The third-order valence-electron chi connectivity index (χ3n) is 3.78. The number of ether oxygens (including phenoxy) is 1. The molecule has 6 nitrogen and oxygen atoms in total. The highest BCUT2D eigenvalue weighted by Crippen LogP contribution is 2.14. The fraction of sp³-hybridized carbons (Fsp3) is 0.556. The molecule has 0 bridgehead atoms. The van der Waals surface area contributed by atoms with Crippen LogP contribution in [0.3, 0.4) is 0 Å². The molecule has 1 aliphatic rings. The summed E-state index contributed by atoms with van der Waals surface area (Å²) in [6, 6.07) is 6.78. The minimum Gasteiger partial charge on any atom is -0.372 e. The highest BCUT2D eigenvalue weighted by Gasteiger charge is 2.25. The van der Waals surface area contributed by atoms with Crippen LogP contribution >= 0.6 is 0 Å². The molecule has 132 valence electrons. The van der Waals surface area contributed by atoms with Gasteiger partial charge in [0.05, 0.1) is 12.2 Å². The van der Waals surface area contributed by atoms with Gasteiger partial charge < -0.3 is 20.3 Å². The number of nitrogens with zero attached hydrogens (tertiary/aromatic N) is 1. The molecule has 0 aromatic heterocycles. The van der Waals surface area contributed by atoms with Crippen molar-refractivity contribution in [2.45, 2.75) is 39.9 Å². The molecule has 1 fully saturated rings. The van der Waals surface area contributed by atoms with Gasteiger partial charge in [-0.25, -0.2) is 4.79 Å². The Hall–Kier alpha value is -2.08. The predicted molar refractivity (Wildman–Crippen MR) is 94.2 cm³/mol. The number of carbonyl (C=O) groups is 2. The first-order chi connectivity index (χ1) is 11.3. The Kier molecular flexibility index (Phi) is 6.20. The van der Waals surface area contributed by atoms with E-state index in [0.717, 1.165) is 0 Å². The molecule has 2 atom stereocenters. The normalized spacial score (nSPS) is 20.8. The van der Waals surface area contributed by atoms with E-state index >= 15 is 0 Å². The summed E-state index contributed by atoms with van der Waals surface area (Å²) >= 11 is 0. The van der Waals surface area contributed by atoms with Crippen LogP contribution in [0.4, 0.5) is 10.5 Å². The van der Waals surface area contributed by atoms with Crippen LogP contribution in [-0.4, -0.2) is 48.7 Å². The molecule has 0 unspecified atom stereocenters. The molecule has 1 aromatic rings. The van der Waals surface area contributed by atoms with Crippen molar-refractivity contribution < 1.29 is 14.3 Å². The van der Waals surface area contributed by atoms with Crippen LogP contribution < -0.4 is 10.6 Å². The van der Waals surface area contributed by atoms with Crippen molar-refractivity contribution >= 4 is 17.6 Å². The third kappa shape index (κ3) is 5.23. The Morgan fingerprint density at radius 3 is 2.29 bits per heavy atom. The number of urea groups is 1. The first kappa shape index (κ1) is 18.3. The van der Waals surface area contributed by atoms with Gasteiger partial charge in [-0.3, -0.25) is 4.79 Å². The summed E-state index contributed by atoms with van der Waals surface area (Å²) in [6.45, 7) is 9.81. The summed E-state index contributed by atoms with van der Waals surface area (Å²) in [7, 11) is 0. The maximum absolute atomic E-state index is 12.3. The average molecular weight is 333 g/mol. The molecule has 6 heteroatoms. The van der Waals surface area contributed by atoms with Gasteiger partial charge in [0.2, 0.25) is 0 Å². The zero-order valence-corrected chi connectivity index (χ0v) is 14.8. The van der Waals surface area contributed by atoms with Gasteiger partial charge in [0.1, 0.15) is 0 Å². The largest absolute Gasteiger partial charge is 0.372 e. The van der Waals surface area contributed by atoms with E-state index in [2.05, 4.69) is 10.6 Å². The number of nitrogens with one attached hydrogen (secondary N) is 2. The minimum absolute atomic E-state index is 0.0338. The Morgan fingerprint density at radius 1 is 1.17 bits per heavy atom. The van der Waals surface area contributed by atoms with Gasteiger partial charge in [-0.1, -0.05) is 13.8 Å². The monoisotopic (exact) mass is 333 g/mol. The number of hydrogen-bond acceptors (Lipinski definition) is 3. The van der Waals surface area contributed by atoms with Crippen LogP contribution in [0.1, 0.15) is 38.1 Å². The predicted octanol–water partition coefficient (Wildman–Crippen LogP) is 2.71. The Labute approximate surface area is 143 Å². The molecule has 1 aromatic carbocycles. The first-order valence-corrected chi connectivity index (χ1v) is 8.44. The van der Waals surface area contributed by atoms with Gasteiger partial charge in [-0.05, 0) is 44.0 Å². The molecular weight excluding hydrogens is 306 g/mol. The molecule has 2 N–H and O–H groups in total. The molecule has 3 amide bonds. The van der Waals surface area contributed by atoms with Gasteiger partial charge in [-0.15, -0.1) is 0 Å². The molecule has 1 saturated heterocycles. The SMILES string of the molecule is CC(C)CNC(=O)c1ccc(NC(=O)N2C[C@@H](C)O[C@@H](C)C2)cc1. The van der Waals surface area contributed by atoms with Crippen LogP contribution in [0.5, 0.6) is 0 Å². The van der Waals surface area contributed by atoms with Gasteiger partial charge in [0.15, 0.2) is 0 Å². The van der Waals surface area contributed by atoms with E-state index < -0.39 is 0 Å². The van der Waals surface area contributed by atoms with E-state index in [1.165, 1.54) is 0 Å². The minimum atomic E-state index is -0.144. The lowest BCUT2D eigenvalue weighted by molar-refractivity contribution is -0.0530. The molecule has 2 rings (SSSR count). The Morgan fingerprint density at radius 2 is 1.75 bits per heavy atom. The number of amides is 3. The number of rotatable bonds is 4. The topological polar surface area (TPSA) is 70.7 Å². The summed E-state index contributed by atoms with van der Waals surface area (Å²) in [5.41, 5.74) is 1.26. The van der Waals surface area contributed by atoms with Crippen molar-refractivity contribution in [2.75, 3.05) is 25.0 Å². The second kappa shape index (κ2) is 8.15. The van der Waals surface area contributed by atoms with Crippen molar-refractivity contribution in [3.05, 3.63) is 29.8 Å². The fourth-order valence-electron chi connectivity index (χ4n) is 2.65. The number of benzene rings is 1.